The Morgan fingerprint density at radius 2 is 1.55 bits per heavy atom. The van der Waals surface area contributed by atoms with Crippen LogP contribution in [0.3, 0.4) is 0 Å². The summed E-state index contributed by atoms with van der Waals surface area (Å²) in [5.74, 6) is -1.43. The van der Waals surface area contributed by atoms with Crippen LogP contribution in [0.4, 0.5) is 0 Å². The molecule has 2 fully saturated rings. The van der Waals surface area contributed by atoms with Crippen LogP contribution in [0.2, 0.25) is 0 Å². The van der Waals surface area contributed by atoms with Crippen molar-refractivity contribution in [1.82, 2.24) is 4.90 Å². The molecule has 0 spiro atoms. The molecule has 0 saturated carbocycles. The molecule has 0 radical (unpaired) electrons. The van der Waals surface area contributed by atoms with Crippen molar-refractivity contribution in [2.24, 2.45) is 5.92 Å². The molecule has 0 aromatic heterocycles. The van der Waals surface area contributed by atoms with Crippen molar-refractivity contribution in [3.05, 3.63) is 71.8 Å². The first-order valence-corrected chi connectivity index (χ1v) is 13.4. The fourth-order valence-corrected chi connectivity index (χ4v) is 7.01. The van der Waals surface area contributed by atoms with Crippen LogP contribution in [0, 0.1) is 5.92 Å². The minimum atomic E-state index is -3.70. The third-order valence-electron chi connectivity index (χ3n) is 5.98. The SMILES string of the molecule is CC(OS(C)(=O)=O)C1C(=O)N2[C@@H]1SC(C)(C)[C@@H]2C(=O)OC(c1ccccc1)c1ccccc1. The lowest BCUT2D eigenvalue weighted by molar-refractivity contribution is -0.172. The largest absolute Gasteiger partial charge is 0.451 e. The molecule has 2 unspecified atom stereocenters. The standard InChI is InChI=1S/C24H27NO6S2/c1-15(31-33(4,28)29)18-21(26)25-20(24(2,3)32-22(18)25)23(27)30-19(16-11-7-5-8-12-16)17-13-9-6-10-14-17/h5-15,18-20,22H,1-4H3/t15?,18?,20-,22+/m0/s1. The molecule has 0 N–H and O–H groups in total. The summed E-state index contributed by atoms with van der Waals surface area (Å²) < 4.78 is 33.6. The normalized spacial score (nSPS) is 24.8. The maximum Gasteiger partial charge on any atom is 0.331 e. The van der Waals surface area contributed by atoms with Crippen molar-refractivity contribution in [3.8, 4) is 0 Å². The van der Waals surface area contributed by atoms with Gasteiger partial charge in [0.15, 0.2) is 6.10 Å². The van der Waals surface area contributed by atoms with Crippen molar-refractivity contribution in [2.75, 3.05) is 6.26 Å². The minimum Gasteiger partial charge on any atom is -0.451 e. The van der Waals surface area contributed by atoms with Crippen LogP contribution in [-0.2, 0) is 28.6 Å². The monoisotopic (exact) mass is 489 g/mol. The van der Waals surface area contributed by atoms with Crippen molar-refractivity contribution >= 4 is 33.8 Å². The molecule has 2 aromatic rings. The molecule has 2 aliphatic heterocycles. The highest BCUT2D eigenvalue weighted by Gasteiger charge is 2.65. The third-order valence-corrected chi connectivity index (χ3v) is 8.22. The molecule has 4 atom stereocenters. The zero-order chi connectivity index (χ0) is 24.0. The maximum atomic E-state index is 13.5. The zero-order valence-electron chi connectivity index (χ0n) is 18.9. The molecule has 33 heavy (non-hydrogen) atoms. The van der Waals surface area contributed by atoms with Gasteiger partial charge in [0.05, 0.1) is 23.7 Å². The van der Waals surface area contributed by atoms with Gasteiger partial charge < -0.3 is 9.64 Å². The van der Waals surface area contributed by atoms with Gasteiger partial charge in [-0.1, -0.05) is 60.7 Å². The van der Waals surface area contributed by atoms with Gasteiger partial charge in [-0.15, -0.1) is 11.8 Å². The topological polar surface area (TPSA) is 90.0 Å². The van der Waals surface area contributed by atoms with E-state index in [1.54, 1.807) is 6.92 Å². The fourth-order valence-electron chi connectivity index (χ4n) is 4.56. The Morgan fingerprint density at radius 1 is 1.03 bits per heavy atom. The molecule has 2 aromatic carbocycles. The highest BCUT2D eigenvalue weighted by molar-refractivity contribution is 8.01. The predicted octanol–water partition coefficient (Wildman–Crippen LogP) is 3.36. The van der Waals surface area contributed by atoms with Gasteiger partial charge in [-0.05, 0) is 31.9 Å². The molecule has 2 heterocycles. The number of nitrogens with zero attached hydrogens (tertiary/aromatic N) is 1. The van der Waals surface area contributed by atoms with Gasteiger partial charge >= 0.3 is 5.97 Å². The Bertz CT molecular complexity index is 1100. The number of benzene rings is 2. The first-order chi connectivity index (χ1) is 15.5. The number of carbonyl (C=O) groups excluding carboxylic acids is 2. The minimum absolute atomic E-state index is 0.299. The average molecular weight is 490 g/mol. The van der Waals surface area contributed by atoms with Crippen LogP contribution in [0.15, 0.2) is 60.7 Å². The second kappa shape index (κ2) is 8.77. The van der Waals surface area contributed by atoms with E-state index in [-0.39, 0.29) is 11.3 Å². The van der Waals surface area contributed by atoms with Crippen molar-refractivity contribution < 1.29 is 26.9 Å². The van der Waals surface area contributed by atoms with Crippen molar-refractivity contribution in [2.45, 2.75) is 49.1 Å². The summed E-state index contributed by atoms with van der Waals surface area (Å²) in [6, 6.07) is 18.1. The summed E-state index contributed by atoms with van der Waals surface area (Å²) in [6.07, 6.45) is -0.462. The van der Waals surface area contributed by atoms with E-state index < -0.39 is 45.0 Å². The second-order valence-corrected chi connectivity index (χ2v) is 12.3. The van der Waals surface area contributed by atoms with E-state index >= 15 is 0 Å². The summed E-state index contributed by atoms with van der Waals surface area (Å²) in [6.45, 7) is 5.36. The molecular weight excluding hydrogens is 462 g/mol. The number of rotatable bonds is 7. The van der Waals surface area contributed by atoms with Crippen LogP contribution in [0.5, 0.6) is 0 Å². The van der Waals surface area contributed by atoms with Crippen LogP contribution in [-0.4, -0.2) is 53.7 Å². The van der Waals surface area contributed by atoms with E-state index in [2.05, 4.69) is 0 Å². The van der Waals surface area contributed by atoms with Crippen LogP contribution >= 0.6 is 11.8 Å². The number of thioether (sulfide) groups is 1. The Kier molecular flexibility index (Phi) is 6.32. The molecule has 2 saturated heterocycles. The maximum absolute atomic E-state index is 13.5. The number of esters is 1. The molecule has 4 rings (SSSR count). The lowest BCUT2D eigenvalue weighted by atomic mass is 9.88. The number of carbonyl (C=O) groups is 2. The fraction of sp³-hybridized carbons (Fsp3) is 0.417. The van der Waals surface area contributed by atoms with Gasteiger partial charge in [0.25, 0.3) is 10.1 Å². The first kappa shape index (κ1) is 23.8. The summed E-state index contributed by atoms with van der Waals surface area (Å²) in [5, 5.41) is -0.353. The lowest BCUT2D eigenvalue weighted by Gasteiger charge is -2.45. The Balaban J connectivity index is 1.58. The summed E-state index contributed by atoms with van der Waals surface area (Å²) in [7, 11) is -3.70. The van der Waals surface area contributed by atoms with E-state index in [0.29, 0.717) is 0 Å². The number of fused-ring (bicyclic) bond motifs is 1. The van der Waals surface area contributed by atoms with Gasteiger partial charge in [0.1, 0.15) is 6.04 Å². The van der Waals surface area contributed by atoms with Gasteiger partial charge in [-0.25, -0.2) is 4.79 Å². The molecule has 1 amide bonds. The number of hydrogen-bond donors (Lipinski definition) is 0. The highest BCUT2D eigenvalue weighted by Crippen LogP contribution is 2.55. The van der Waals surface area contributed by atoms with Crippen molar-refractivity contribution in [3.63, 3.8) is 0 Å². The van der Waals surface area contributed by atoms with Crippen LogP contribution in [0.25, 0.3) is 0 Å². The lowest BCUT2D eigenvalue weighted by Crippen LogP contribution is -2.65. The van der Waals surface area contributed by atoms with E-state index in [4.69, 9.17) is 8.92 Å². The smallest absolute Gasteiger partial charge is 0.331 e. The third kappa shape index (κ3) is 4.67. The van der Waals surface area contributed by atoms with Gasteiger partial charge in [-0.3, -0.25) is 8.98 Å². The highest BCUT2D eigenvalue weighted by atomic mass is 32.2. The van der Waals surface area contributed by atoms with Gasteiger partial charge in [0, 0.05) is 4.75 Å². The first-order valence-electron chi connectivity index (χ1n) is 10.7. The number of ether oxygens (including phenoxy) is 1. The predicted molar refractivity (Wildman–Crippen MR) is 126 cm³/mol. The Labute approximate surface area is 198 Å². The van der Waals surface area contributed by atoms with E-state index in [1.807, 2.05) is 74.5 Å². The van der Waals surface area contributed by atoms with Gasteiger partial charge in [0.2, 0.25) is 5.91 Å². The molecular formula is C24H27NO6S2. The van der Waals surface area contributed by atoms with Crippen LogP contribution < -0.4 is 0 Å². The summed E-state index contributed by atoms with van der Waals surface area (Å²) in [5.41, 5.74) is 1.67. The number of β-lactam (4-membered cyclic amide) rings is 1. The second-order valence-electron chi connectivity index (χ2n) is 8.93. The molecule has 2 aliphatic rings. The molecule has 0 aliphatic carbocycles. The van der Waals surface area contributed by atoms with Gasteiger partial charge in [-0.2, -0.15) is 8.42 Å². The van der Waals surface area contributed by atoms with Crippen molar-refractivity contribution in [1.29, 1.82) is 0 Å². The Hall–Kier alpha value is -2.36. The number of hydrogen-bond acceptors (Lipinski definition) is 7. The molecule has 0 bridgehead atoms. The summed E-state index contributed by atoms with van der Waals surface area (Å²) in [4.78, 5) is 28.1. The van der Waals surface area contributed by atoms with Crippen LogP contribution in [0.1, 0.15) is 38.0 Å². The molecule has 7 nitrogen and oxygen atoms in total. The average Bonchev–Trinajstić information content (AvgIpc) is 2.99. The zero-order valence-corrected chi connectivity index (χ0v) is 20.5. The Morgan fingerprint density at radius 3 is 2.03 bits per heavy atom. The van der Waals surface area contributed by atoms with E-state index in [0.717, 1.165) is 17.4 Å². The molecule has 176 valence electrons. The van der Waals surface area contributed by atoms with E-state index in [9.17, 15) is 18.0 Å². The summed E-state index contributed by atoms with van der Waals surface area (Å²) >= 11 is 1.47. The quantitative estimate of drug-likeness (QED) is 0.335. The number of amides is 1. The van der Waals surface area contributed by atoms with E-state index in [1.165, 1.54) is 16.7 Å². The molecule has 9 heteroatoms.